The second-order valence-electron chi connectivity index (χ2n) is 9.45. The third kappa shape index (κ3) is 3.45. The molecule has 0 bridgehead atoms. The van der Waals surface area contributed by atoms with Crippen molar-refractivity contribution in [1.82, 2.24) is 14.0 Å². The third-order valence-corrected chi connectivity index (χ3v) is 7.62. The molecule has 0 N–H and O–H groups in total. The summed E-state index contributed by atoms with van der Waals surface area (Å²) in [5.41, 5.74) is 8.25. The van der Waals surface area contributed by atoms with Crippen LogP contribution in [0.15, 0.2) is 84.9 Å². The van der Waals surface area contributed by atoms with Crippen molar-refractivity contribution in [1.29, 1.82) is 0 Å². The molecule has 176 valence electrons. The molecule has 0 aliphatic carbocycles. The molecule has 6 aromatic rings. The molecule has 0 fully saturated rings. The van der Waals surface area contributed by atoms with E-state index in [0.717, 1.165) is 32.7 Å². The number of hydrogen-bond donors (Lipinski definition) is 0. The maximum absolute atomic E-state index is 2.58. The number of hydrogen-bond acceptors (Lipinski definition) is 1. The molecule has 0 aliphatic rings. The molecule has 0 unspecified atom stereocenters. The predicted molar refractivity (Wildman–Crippen MR) is 150 cm³/mol. The zero-order valence-electron chi connectivity index (χ0n) is 21.0. The van der Waals surface area contributed by atoms with Gasteiger partial charge >= 0.3 is 0 Å². The van der Waals surface area contributed by atoms with Crippen molar-refractivity contribution in [2.24, 2.45) is 0 Å². The van der Waals surface area contributed by atoms with E-state index >= 15 is 0 Å². The summed E-state index contributed by atoms with van der Waals surface area (Å²) in [6.45, 7) is 11.6. The quantitative estimate of drug-likeness (QED) is 0.236. The highest BCUT2D eigenvalue weighted by atomic mass is 15.1. The first-order valence-corrected chi connectivity index (χ1v) is 12.9. The van der Waals surface area contributed by atoms with Gasteiger partial charge in [0.15, 0.2) is 0 Å². The van der Waals surface area contributed by atoms with Gasteiger partial charge in [-0.05, 0) is 43.7 Å². The summed E-state index contributed by atoms with van der Waals surface area (Å²) in [6, 6.07) is 31.3. The van der Waals surface area contributed by atoms with Gasteiger partial charge in [-0.25, -0.2) is 0 Å². The molecule has 0 amide bonds. The lowest BCUT2D eigenvalue weighted by Crippen LogP contribution is -2.23. The summed E-state index contributed by atoms with van der Waals surface area (Å²) in [5, 5.41) is 5.44. The molecule has 3 heteroatoms. The van der Waals surface area contributed by atoms with Crippen LogP contribution in [0.1, 0.15) is 31.9 Å². The topological polar surface area (TPSA) is 13.1 Å². The molecule has 0 spiro atoms. The molecule has 0 saturated carbocycles. The number of aromatic nitrogens is 2. The van der Waals surface area contributed by atoms with E-state index in [-0.39, 0.29) is 0 Å². The average molecular weight is 460 g/mol. The minimum absolute atomic E-state index is 0.937. The van der Waals surface area contributed by atoms with E-state index in [9.17, 15) is 0 Å². The Labute approximate surface area is 207 Å². The van der Waals surface area contributed by atoms with Gasteiger partial charge in [-0.2, -0.15) is 0 Å². The fraction of sp³-hybridized carbons (Fsp3) is 0.250. The molecule has 3 nitrogen and oxygen atoms in total. The minimum atomic E-state index is 0.937. The van der Waals surface area contributed by atoms with Gasteiger partial charge in [-0.3, -0.25) is 4.90 Å². The zero-order valence-corrected chi connectivity index (χ0v) is 21.0. The SMILES string of the molecule is CCN(Cc1cccc2c3ccccc3n(CC)c12)Cc1cccc2c3ccccc3n(CC)c12. The lowest BCUT2D eigenvalue weighted by Gasteiger charge is -2.23. The highest BCUT2D eigenvalue weighted by molar-refractivity contribution is 6.10. The Morgan fingerprint density at radius 1 is 0.514 bits per heavy atom. The Bertz CT molecular complexity index is 1540. The van der Waals surface area contributed by atoms with Gasteiger partial charge in [-0.1, -0.05) is 79.7 Å². The first-order valence-electron chi connectivity index (χ1n) is 12.9. The van der Waals surface area contributed by atoms with Crippen LogP contribution in [-0.4, -0.2) is 20.6 Å². The second-order valence-corrected chi connectivity index (χ2v) is 9.45. The summed E-state index contributed by atoms with van der Waals surface area (Å²) in [5.74, 6) is 0. The second kappa shape index (κ2) is 8.90. The highest BCUT2D eigenvalue weighted by Crippen LogP contribution is 2.34. The van der Waals surface area contributed by atoms with Gasteiger partial charge in [0.25, 0.3) is 0 Å². The number of fused-ring (bicyclic) bond motifs is 6. The number of aryl methyl sites for hydroxylation is 2. The van der Waals surface area contributed by atoms with Crippen molar-refractivity contribution in [3.05, 3.63) is 96.1 Å². The van der Waals surface area contributed by atoms with Crippen LogP contribution in [-0.2, 0) is 26.2 Å². The van der Waals surface area contributed by atoms with Crippen molar-refractivity contribution in [3.63, 3.8) is 0 Å². The number of benzene rings is 4. The standard InChI is InChI=1S/C32H33N3/c1-4-33(21-23-13-11-17-27-25-15-7-9-19-29(25)34(5-2)31(23)27)22-24-14-12-18-28-26-16-8-10-20-30(26)35(6-3)32(24)28/h7-20H,4-6,21-22H2,1-3H3. The Hall–Kier alpha value is -3.56. The first-order chi connectivity index (χ1) is 17.2. The lowest BCUT2D eigenvalue weighted by atomic mass is 10.1. The van der Waals surface area contributed by atoms with Gasteiger partial charge in [0, 0.05) is 58.8 Å². The summed E-state index contributed by atoms with van der Waals surface area (Å²) < 4.78 is 4.98. The minimum Gasteiger partial charge on any atom is -0.340 e. The molecular formula is C32H33N3. The lowest BCUT2D eigenvalue weighted by molar-refractivity contribution is 0.273. The van der Waals surface area contributed by atoms with Crippen LogP contribution in [0.3, 0.4) is 0 Å². The predicted octanol–water partition coefficient (Wildman–Crippen LogP) is 7.96. The summed E-state index contributed by atoms with van der Waals surface area (Å²) >= 11 is 0. The highest BCUT2D eigenvalue weighted by Gasteiger charge is 2.17. The Balaban J connectivity index is 1.44. The maximum Gasteiger partial charge on any atom is 0.0536 e. The molecule has 6 rings (SSSR count). The molecule has 2 aromatic heterocycles. The van der Waals surface area contributed by atoms with Crippen LogP contribution in [0.2, 0.25) is 0 Å². The van der Waals surface area contributed by atoms with Crippen molar-refractivity contribution >= 4 is 43.6 Å². The van der Waals surface area contributed by atoms with Crippen molar-refractivity contribution < 1.29 is 0 Å². The third-order valence-electron chi connectivity index (χ3n) is 7.62. The van der Waals surface area contributed by atoms with Gasteiger partial charge < -0.3 is 9.13 Å². The summed E-state index contributed by atoms with van der Waals surface area (Å²) in [4.78, 5) is 2.58. The van der Waals surface area contributed by atoms with E-state index in [1.807, 2.05) is 0 Å². The Morgan fingerprint density at radius 3 is 1.37 bits per heavy atom. The number of rotatable bonds is 7. The van der Waals surface area contributed by atoms with E-state index in [4.69, 9.17) is 0 Å². The number of para-hydroxylation sites is 4. The summed E-state index contributed by atoms with van der Waals surface area (Å²) in [6.07, 6.45) is 0. The van der Waals surface area contributed by atoms with Crippen LogP contribution in [0.5, 0.6) is 0 Å². The molecule has 0 aliphatic heterocycles. The van der Waals surface area contributed by atoms with E-state index in [2.05, 4.69) is 120 Å². The van der Waals surface area contributed by atoms with E-state index in [1.165, 1.54) is 54.7 Å². The van der Waals surface area contributed by atoms with Crippen LogP contribution in [0.4, 0.5) is 0 Å². The molecule has 0 radical (unpaired) electrons. The number of nitrogens with zero attached hydrogens (tertiary/aromatic N) is 3. The van der Waals surface area contributed by atoms with Crippen LogP contribution in [0, 0.1) is 0 Å². The monoisotopic (exact) mass is 459 g/mol. The molecule has 0 atom stereocenters. The largest absolute Gasteiger partial charge is 0.340 e. The molecule has 0 saturated heterocycles. The van der Waals surface area contributed by atoms with E-state index < -0.39 is 0 Å². The average Bonchev–Trinajstić information content (AvgIpc) is 3.42. The van der Waals surface area contributed by atoms with E-state index in [1.54, 1.807) is 0 Å². The smallest absolute Gasteiger partial charge is 0.0536 e. The van der Waals surface area contributed by atoms with Crippen molar-refractivity contribution in [2.75, 3.05) is 6.54 Å². The normalized spacial score (nSPS) is 12.1. The van der Waals surface area contributed by atoms with E-state index in [0.29, 0.717) is 0 Å². The zero-order chi connectivity index (χ0) is 23.9. The van der Waals surface area contributed by atoms with Gasteiger partial charge in [-0.15, -0.1) is 0 Å². The van der Waals surface area contributed by atoms with Crippen molar-refractivity contribution in [2.45, 2.75) is 47.0 Å². The first kappa shape index (κ1) is 21.9. The molecule has 35 heavy (non-hydrogen) atoms. The molecular weight excluding hydrogens is 426 g/mol. The van der Waals surface area contributed by atoms with Gasteiger partial charge in [0.1, 0.15) is 0 Å². The van der Waals surface area contributed by atoms with Crippen LogP contribution >= 0.6 is 0 Å². The van der Waals surface area contributed by atoms with Crippen LogP contribution in [0.25, 0.3) is 43.6 Å². The molecule has 4 aromatic carbocycles. The fourth-order valence-corrected chi connectivity index (χ4v) is 6.04. The maximum atomic E-state index is 2.58. The van der Waals surface area contributed by atoms with Gasteiger partial charge in [0.05, 0.1) is 11.0 Å². The fourth-order valence-electron chi connectivity index (χ4n) is 6.04. The van der Waals surface area contributed by atoms with Crippen LogP contribution < -0.4 is 0 Å². The Kier molecular flexibility index (Phi) is 5.58. The van der Waals surface area contributed by atoms with Crippen molar-refractivity contribution in [3.8, 4) is 0 Å². The van der Waals surface area contributed by atoms with Gasteiger partial charge in [0.2, 0.25) is 0 Å². The molecule has 2 heterocycles. The summed E-state index contributed by atoms with van der Waals surface area (Å²) in [7, 11) is 0. The Morgan fingerprint density at radius 2 is 0.943 bits per heavy atom.